The van der Waals surface area contributed by atoms with Gasteiger partial charge in [-0.3, -0.25) is 0 Å². The van der Waals surface area contributed by atoms with Crippen molar-refractivity contribution in [3.8, 4) is 0 Å². The van der Waals surface area contributed by atoms with Gasteiger partial charge < -0.3 is 5.11 Å². The molecular weight excluding hydrogens is 307 g/mol. The third kappa shape index (κ3) is 4.34. The number of rotatable bonds is 5. The van der Waals surface area contributed by atoms with Gasteiger partial charge >= 0.3 is 6.18 Å². The number of hydrogen-bond donors (Lipinski definition) is 2. The maximum absolute atomic E-state index is 12.8. The van der Waals surface area contributed by atoms with Gasteiger partial charge in [0.05, 0.1) is 10.5 Å². The van der Waals surface area contributed by atoms with Crippen molar-refractivity contribution in [2.75, 3.05) is 13.2 Å². The van der Waals surface area contributed by atoms with E-state index in [9.17, 15) is 21.6 Å². The Bertz CT molecular complexity index is 545. The second-order valence-electron chi connectivity index (χ2n) is 3.61. The SMILES string of the molecule is O=S(=O)(NCCCO)c1ccc(Cl)cc1C(F)(F)F. The number of aliphatic hydroxyl groups is 1. The summed E-state index contributed by atoms with van der Waals surface area (Å²) < 4.78 is 63.7. The summed E-state index contributed by atoms with van der Waals surface area (Å²) in [5.41, 5.74) is -1.32. The summed E-state index contributed by atoms with van der Waals surface area (Å²) >= 11 is 5.45. The summed E-state index contributed by atoms with van der Waals surface area (Å²) in [7, 11) is -4.30. The summed E-state index contributed by atoms with van der Waals surface area (Å²) in [6.45, 7) is -0.423. The number of hydrogen-bond acceptors (Lipinski definition) is 3. The molecule has 0 aliphatic heterocycles. The summed E-state index contributed by atoms with van der Waals surface area (Å²) in [5, 5.41) is 8.31. The van der Waals surface area contributed by atoms with Crippen molar-refractivity contribution in [1.82, 2.24) is 4.72 Å². The fourth-order valence-electron chi connectivity index (χ4n) is 1.32. The first-order chi connectivity index (χ1) is 8.68. The molecule has 1 aromatic carbocycles. The molecule has 0 atom stereocenters. The van der Waals surface area contributed by atoms with E-state index in [0.717, 1.165) is 12.1 Å². The Hall–Kier alpha value is -0.830. The minimum Gasteiger partial charge on any atom is -0.396 e. The lowest BCUT2D eigenvalue weighted by Gasteiger charge is -2.14. The maximum Gasteiger partial charge on any atom is 0.417 e. The highest BCUT2D eigenvalue weighted by atomic mass is 35.5. The molecule has 0 heterocycles. The third-order valence-electron chi connectivity index (χ3n) is 2.16. The van der Waals surface area contributed by atoms with Crippen LogP contribution in [0, 0.1) is 0 Å². The highest BCUT2D eigenvalue weighted by molar-refractivity contribution is 7.89. The van der Waals surface area contributed by atoms with Crippen LogP contribution in [0.3, 0.4) is 0 Å². The van der Waals surface area contributed by atoms with Gasteiger partial charge in [-0.15, -0.1) is 0 Å². The molecule has 0 saturated carbocycles. The van der Waals surface area contributed by atoms with E-state index in [4.69, 9.17) is 16.7 Å². The molecule has 2 N–H and O–H groups in total. The Kier molecular flexibility index (Phi) is 5.19. The van der Waals surface area contributed by atoms with E-state index in [1.165, 1.54) is 0 Å². The first-order valence-electron chi connectivity index (χ1n) is 5.16. The summed E-state index contributed by atoms with van der Waals surface area (Å²) in [6.07, 6.45) is -4.72. The zero-order valence-electron chi connectivity index (χ0n) is 9.54. The quantitative estimate of drug-likeness (QED) is 0.817. The molecule has 108 valence electrons. The summed E-state index contributed by atoms with van der Waals surface area (Å²) in [6, 6.07) is 2.42. The molecule has 0 aliphatic rings. The van der Waals surface area contributed by atoms with Gasteiger partial charge in [0, 0.05) is 18.2 Å². The number of benzene rings is 1. The average Bonchev–Trinajstić information content (AvgIpc) is 2.27. The normalized spacial score (nSPS) is 12.7. The van der Waals surface area contributed by atoms with Crippen LogP contribution in [-0.4, -0.2) is 26.7 Å². The zero-order chi connectivity index (χ0) is 14.7. The first kappa shape index (κ1) is 16.2. The molecule has 4 nitrogen and oxygen atoms in total. The molecule has 0 fully saturated rings. The zero-order valence-corrected chi connectivity index (χ0v) is 11.1. The Balaban J connectivity index is 3.19. The van der Waals surface area contributed by atoms with Crippen LogP contribution in [0.2, 0.25) is 5.02 Å². The monoisotopic (exact) mass is 317 g/mol. The highest BCUT2D eigenvalue weighted by Gasteiger charge is 2.37. The van der Waals surface area contributed by atoms with Gasteiger partial charge in [-0.2, -0.15) is 13.2 Å². The van der Waals surface area contributed by atoms with Gasteiger partial charge in [-0.25, -0.2) is 13.1 Å². The molecule has 0 spiro atoms. The van der Waals surface area contributed by atoms with Crippen molar-refractivity contribution in [2.24, 2.45) is 0 Å². The Labute approximate surface area is 113 Å². The van der Waals surface area contributed by atoms with Crippen LogP contribution >= 0.6 is 11.6 Å². The third-order valence-corrected chi connectivity index (χ3v) is 3.92. The average molecular weight is 318 g/mol. The fourth-order valence-corrected chi connectivity index (χ4v) is 2.77. The molecule has 1 aromatic rings. The van der Waals surface area contributed by atoms with Gasteiger partial charge in [0.2, 0.25) is 10.0 Å². The summed E-state index contributed by atoms with van der Waals surface area (Å²) in [5.74, 6) is 0. The molecular formula is C10H11ClF3NO3S. The smallest absolute Gasteiger partial charge is 0.396 e. The number of halogens is 4. The molecule has 0 saturated heterocycles. The molecule has 0 unspecified atom stereocenters. The van der Waals surface area contributed by atoms with Crippen molar-refractivity contribution >= 4 is 21.6 Å². The van der Waals surface area contributed by atoms with Crippen molar-refractivity contribution in [2.45, 2.75) is 17.5 Å². The van der Waals surface area contributed by atoms with Crippen LogP contribution < -0.4 is 4.72 Å². The van der Waals surface area contributed by atoms with Gasteiger partial charge in [-0.05, 0) is 24.6 Å². The van der Waals surface area contributed by atoms with Crippen molar-refractivity contribution in [1.29, 1.82) is 0 Å². The van der Waals surface area contributed by atoms with E-state index >= 15 is 0 Å². The van der Waals surface area contributed by atoms with Crippen LogP contribution in [0.5, 0.6) is 0 Å². The highest BCUT2D eigenvalue weighted by Crippen LogP contribution is 2.35. The maximum atomic E-state index is 12.8. The molecule has 19 heavy (non-hydrogen) atoms. The van der Waals surface area contributed by atoms with Gasteiger partial charge in [0.15, 0.2) is 0 Å². The van der Waals surface area contributed by atoms with Gasteiger partial charge in [0.25, 0.3) is 0 Å². The van der Waals surface area contributed by atoms with Crippen LogP contribution in [0.15, 0.2) is 23.1 Å². The van der Waals surface area contributed by atoms with E-state index in [1.54, 1.807) is 0 Å². The van der Waals surface area contributed by atoms with E-state index in [1.807, 2.05) is 4.72 Å². The number of sulfonamides is 1. The lowest BCUT2D eigenvalue weighted by atomic mass is 10.2. The summed E-state index contributed by atoms with van der Waals surface area (Å²) in [4.78, 5) is -0.887. The predicted molar refractivity (Wildman–Crippen MR) is 63.3 cm³/mol. The van der Waals surface area contributed by atoms with Gasteiger partial charge in [-0.1, -0.05) is 11.6 Å². The van der Waals surface area contributed by atoms with Crippen LogP contribution in [-0.2, 0) is 16.2 Å². The van der Waals surface area contributed by atoms with E-state index in [-0.39, 0.29) is 24.6 Å². The van der Waals surface area contributed by atoms with Crippen LogP contribution in [0.25, 0.3) is 0 Å². The minimum atomic E-state index is -4.83. The first-order valence-corrected chi connectivity index (χ1v) is 7.02. The van der Waals surface area contributed by atoms with Gasteiger partial charge in [0.1, 0.15) is 0 Å². The van der Waals surface area contributed by atoms with Crippen LogP contribution in [0.4, 0.5) is 13.2 Å². The standard InChI is InChI=1S/C10H11ClF3NO3S/c11-7-2-3-9(8(6-7)10(12,13)14)19(17,18)15-4-1-5-16/h2-3,6,15-16H,1,4-5H2. The largest absolute Gasteiger partial charge is 0.417 e. The van der Waals surface area contributed by atoms with Crippen molar-refractivity contribution in [3.63, 3.8) is 0 Å². The van der Waals surface area contributed by atoms with E-state index in [0.29, 0.717) is 6.07 Å². The van der Waals surface area contributed by atoms with E-state index in [2.05, 4.69) is 0 Å². The molecule has 0 amide bonds. The second kappa shape index (κ2) is 6.08. The number of nitrogens with one attached hydrogen (secondary N) is 1. The molecule has 9 heteroatoms. The Morgan fingerprint density at radius 1 is 1.32 bits per heavy atom. The second-order valence-corrected chi connectivity index (χ2v) is 5.78. The number of aliphatic hydroxyl groups excluding tert-OH is 1. The van der Waals surface area contributed by atoms with Crippen molar-refractivity contribution < 1.29 is 26.7 Å². The Morgan fingerprint density at radius 3 is 2.47 bits per heavy atom. The topological polar surface area (TPSA) is 66.4 Å². The molecule has 1 rings (SSSR count). The minimum absolute atomic E-state index is 0.105. The predicted octanol–water partition coefficient (Wildman–Crippen LogP) is 2.02. The van der Waals surface area contributed by atoms with Crippen molar-refractivity contribution in [3.05, 3.63) is 28.8 Å². The molecule has 0 radical (unpaired) electrons. The van der Waals surface area contributed by atoms with Crippen LogP contribution in [0.1, 0.15) is 12.0 Å². The Morgan fingerprint density at radius 2 is 1.95 bits per heavy atom. The van der Waals surface area contributed by atoms with E-state index < -0.39 is 26.7 Å². The lowest BCUT2D eigenvalue weighted by Crippen LogP contribution is -2.27. The molecule has 0 aromatic heterocycles. The fraction of sp³-hybridized carbons (Fsp3) is 0.400. The number of alkyl halides is 3. The lowest BCUT2D eigenvalue weighted by molar-refractivity contribution is -0.139. The molecule has 0 bridgehead atoms. The molecule has 0 aliphatic carbocycles.